The first-order valence-electron chi connectivity index (χ1n) is 8.03. The Hall–Kier alpha value is -1.26. The number of urea groups is 1. The van der Waals surface area contributed by atoms with Crippen molar-refractivity contribution in [2.75, 3.05) is 26.2 Å². The first-order chi connectivity index (χ1) is 10.6. The molecule has 1 unspecified atom stereocenters. The molecular formula is C17H23ClN2O2. The molecule has 2 amide bonds. The molecule has 120 valence electrons. The quantitative estimate of drug-likeness (QED) is 0.895. The molecule has 22 heavy (non-hydrogen) atoms. The van der Waals surface area contributed by atoms with Crippen LogP contribution in [0.25, 0.3) is 0 Å². The highest BCUT2D eigenvalue weighted by Gasteiger charge is 2.45. The summed E-state index contributed by atoms with van der Waals surface area (Å²) in [6, 6.07) is 7.89. The number of carbonyl (C=O) groups excluding carboxylic acids is 1. The van der Waals surface area contributed by atoms with E-state index in [4.69, 9.17) is 11.6 Å². The fourth-order valence-electron chi connectivity index (χ4n) is 3.34. The third-order valence-electron chi connectivity index (χ3n) is 4.94. The molecule has 0 spiro atoms. The van der Waals surface area contributed by atoms with Crippen LogP contribution in [0.4, 0.5) is 4.79 Å². The zero-order valence-corrected chi connectivity index (χ0v) is 13.5. The van der Waals surface area contributed by atoms with Crippen molar-refractivity contribution in [1.29, 1.82) is 0 Å². The highest BCUT2D eigenvalue weighted by Crippen LogP contribution is 2.49. The Morgan fingerprint density at radius 3 is 2.86 bits per heavy atom. The Bertz CT molecular complexity index is 545. The molecule has 5 heteroatoms. The maximum Gasteiger partial charge on any atom is 0.317 e. The van der Waals surface area contributed by atoms with Crippen molar-refractivity contribution in [3.05, 3.63) is 34.9 Å². The smallest absolute Gasteiger partial charge is 0.317 e. The number of benzene rings is 1. The SMILES string of the molecule is O=C(NCC1(c2ccccc2Cl)CC1)N1CCCC(CO)C1. The molecule has 1 heterocycles. The summed E-state index contributed by atoms with van der Waals surface area (Å²) in [6.45, 7) is 2.23. The summed E-state index contributed by atoms with van der Waals surface area (Å²) in [7, 11) is 0. The minimum atomic E-state index is -0.0171. The summed E-state index contributed by atoms with van der Waals surface area (Å²) in [6.07, 6.45) is 4.10. The van der Waals surface area contributed by atoms with Crippen LogP contribution in [0.5, 0.6) is 0 Å². The average Bonchev–Trinajstić information content (AvgIpc) is 3.34. The van der Waals surface area contributed by atoms with Gasteiger partial charge in [-0.05, 0) is 43.2 Å². The predicted octanol–water partition coefficient (Wildman–Crippen LogP) is 2.79. The summed E-state index contributed by atoms with van der Waals surface area (Å²) < 4.78 is 0. The van der Waals surface area contributed by atoms with Gasteiger partial charge in [0.05, 0.1) is 0 Å². The molecule has 4 nitrogen and oxygen atoms in total. The van der Waals surface area contributed by atoms with Gasteiger partial charge in [0, 0.05) is 36.7 Å². The number of nitrogens with zero attached hydrogens (tertiary/aromatic N) is 1. The highest BCUT2D eigenvalue weighted by molar-refractivity contribution is 6.31. The van der Waals surface area contributed by atoms with E-state index < -0.39 is 0 Å². The zero-order chi connectivity index (χ0) is 15.6. The Morgan fingerprint density at radius 2 is 2.18 bits per heavy atom. The largest absolute Gasteiger partial charge is 0.396 e. The van der Waals surface area contributed by atoms with Crippen molar-refractivity contribution in [2.45, 2.75) is 31.1 Å². The van der Waals surface area contributed by atoms with Gasteiger partial charge in [-0.2, -0.15) is 0 Å². The Balaban J connectivity index is 1.58. The molecule has 3 rings (SSSR count). The molecule has 1 aliphatic heterocycles. The van der Waals surface area contributed by atoms with Crippen LogP contribution < -0.4 is 5.32 Å². The minimum absolute atomic E-state index is 0.0141. The first-order valence-corrected chi connectivity index (χ1v) is 8.41. The molecule has 1 aromatic rings. The molecule has 0 bridgehead atoms. The number of aliphatic hydroxyl groups is 1. The van der Waals surface area contributed by atoms with Crippen LogP contribution in [-0.2, 0) is 5.41 Å². The third-order valence-corrected chi connectivity index (χ3v) is 5.27. The van der Waals surface area contributed by atoms with E-state index >= 15 is 0 Å². The van der Waals surface area contributed by atoms with Crippen molar-refractivity contribution >= 4 is 17.6 Å². The number of hydrogen-bond donors (Lipinski definition) is 2. The zero-order valence-electron chi connectivity index (χ0n) is 12.7. The molecule has 1 atom stereocenters. The monoisotopic (exact) mass is 322 g/mol. The van der Waals surface area contributed by atoms with Gasteiger partial charge in [0.2, 0.25) is 0 Å². The second-order valence-corrected chi connectivity index (χ2v) is 6.96. The van der Waals surface area contributed by atoms with Gasteiger partial charge in [-0.1, -0.05) is 29.8 Å². The lowest BCUT2D eigenvalue weighted by Crippen LogP contribution is -2.47. The third kappa shape index (κ3) is 3.23. The molecule has 1 saturated carbocycles. The van der Waals surface area contributed by atoms with E-state index in [1.54, 1.807) is 0 Å². The van der Waals surface area contributed by atoms with Crippen LogP contribution in [0, 0.1) is 5.92 Å². The predicted molar refractivity (Wildman–Crippen MR) is 87.1 cm³/mol. The van der Waals surface area contributed by atoms with Gasteiger partial charge < -0.3 is 15.3 Å². The summed E-state index contributed by atoms with van der Waals surface area (Å²) in [4.78, 5) is 14.2. The summed E-state index contributed by atoms with van der Waals surface area (Å²) >= 11 is 6.30. The average molecular weight is 323 g/mol. The first kappa shape index (κ1) is 15.6. The Morgan fingerprint density at radius 1 is 1.41 bits per heavy atom. The highest BCUT2D eigenvalue weighted by atomic mass is 35.5. The molecule has 2 fully saturated rings. The maximum absolute atomic E-state index is 12.4. The van der Waals surface area contributed by atoms with Crippen molar-refractivity contribution in [2.24, 2.45) is 5.92 Å². The van der Waals surface area contributed by atoms with Crippen molar-refractivity contribution < 1.29 is 9.90 Å². The van der Waals surface area contributed by atoms with E-state index in [0.29, 0.717) is 13.1 Å². The summed E-state index contributed by atoms with van der Waals surface area (Å²) in [5, 5.41) is 13.1. The van der Waals surface area contributed by atoms with Crippen LogP contribution in [-0.4, -0.2) is 42.3 Å². The number of amides is 2. The van der Waals surface area contributed by atoms with E-state index in [1.807, 2.05) is 23.1 Å². The van der Waals surface area contributed by atoms with Crippen LogP contribution in [0.1, 0.15) is 31.2 Å². The van der Waals surface area contributed by atoms with Crippen LogP contribution in [0.2, 0.25) is 5.02 Å². The minimum Gasteiger partial charge on any atom is -0.396 e. The van der Waals surface area contributed by atoms with Crippen molar-refractivity contribution in [1.82, 2.24) is 10.2 Å². The molecule has 1 saturated heterocycles. The van der Waals surface area contributed by atoms with Crippen molar-refractivity contribution in [3.8, 4) is 0 Å². The number of aliphatic hydroxyl groups excluding tert-OH is 1. The number of likely N-dealkylation sites (tertiary alicyclic amines) is 1. The number of rotatable bonds is 4. The number of piperidine rings is 1. The lowest BCUT2D eigenvalue weighted by Gasteiger charge is -2.32. The van der Waals surface area contributed by atoms with Crippen LogP contribution >= 0.6 is 11.6 Å². The molecule has 0 radical (unpaired) electrons. The number of carbonyl (C=O) groups is 1. The summed E-state index contributed by atoms with van der Waals surface area (Å²) in [5.41, 5.74) is 1.16. The Labute approximate surface area is 136 Å². The molecule has 1 aliphatic carbocycles. The van der Waals surface area contributed by atoms with Crippen molar-refractivity contribution in [3.63, 3.8) is 0 Å². The lowest BCUT2D eigenvalue weighted by molar-refractivity contribution is 0.129. The van der Waals surface area contributed by atoms with Gasteiger partial charge >= 0.3 is 6.03 Å². The van der Waals surface area contributed by atoms with E-state index in [0.717, 1.165) is 42.8 Å². The fraction of sp³-hybridized carbons (Fsp3) is 0.588. The van der Waals surface area contributed by atoms with E-state index in [2.05, 4.69) is 11.4 Å². The van der Waals surface area contributed by atoms with Gasteiger partial charge in [-0.15, -0.1) is 0 Å². The van der Waals surface area contributed by atoms with E-state index in [-0.39, 0.29) is 24.0 Å². The van der Waals surface area contributed by atoms with E-state index in [9.17, 15) is 9.90 Å². The fourth-order valence-corrected chi connectivity index (χ4v) is 3.67. The topological polar surface area (TPSA) is 52.6 Å². The van der Waals surface area contributed by atoms with Gasteiger partial charge in [0.15, 0.2) is 0 Å². The van der Waals surface area contributed by atoms with Gasteiger partial charge in [-0.3, -0.25) is 0 Å². The van der Waals surface area contributed by atoms with Gasteiger partial charge in [0.1, 0.15) is 0 Å². The normalized spacial score (nSPS) is 23.2. The number of halogens is 1. The van der Waals surface area contributed by atoms with E-state index in [1.165, 1.54) is 0 Å². The number of nitrogens with one attached hydrogen (secondary N) is 1. The molecule has 1 aromatic carbocycles. The van der Waals surface area contributed by atoms with Crippen LogP contribution in [0.3, 0.4) is 0 Å². The van der Waals surface area contributed by atoms with Gasteiger partial charge in [-0.25, -0.2) is 4.79 Å². The standard InChI is InChI=1S/C17H23ClN2O2/c18-15-6-2-1-5-14(15)17(7-8-17)12-19-16(22)20-9-3-4-13(10-20)11-21/h1-2,5-6,13,21H,3-4,7-12H2,(H,19,22). The maximum atomic E-state index is 12.4. The molecule has 0 aromatic heterocycles. The van der Waals surface area contributed by atoms with Gasteiger partial charge in [0.25, 0.3) is 0 Å². The second kappa shape index (κ2) is 6.47. The molecular weight excluding hydrogens is 300 g/mol. The van der Waals surface area contributed by atoms with Crippen LogP contribution in [0.15, 0.2) is 24.3 Å². The molecule has 2 aliphatic rings. The summed E-state index contributed by atoms with van der Waals surface area (Å²) in [5.74, 6) is 0.220. The molecule has 2 N–H and O–H groups in total. The number of hydrogen-bond acceptors (Lipinski definition) is 2. The lowest BCUT2D eigenvalue weighted by atomic mass is 9.96. The Kier molecular flexibility index (Phi) is 4.59. The second-order valence-electron chi connectivity index (χ2n) is 6.56.